The maximum absolute atomic E-state index is 11.5. The lowest BCUT2D eigenvalue weighted by Gasteiger charge is -2.18. The highest BCUT2D eigenvalue weighted by molar-refractivity contribution is 7.90. The second-order valence-electron chi connectivity index (χ2n) is 7.19. The normalized spacial score (nSPS) is 13.4. The Kier molecular flexibility index (Phi) is 7.23. The molecule has 2 rings (SSSR count). The third-order valence-corrected chi connectivity index (χ3v) is 5.96. The molecule has 0 aliphatic carbocycles. The van der Waals surface area contributed by atoms with Gasteiger partial charge in [0.15, 0.2) is 15.8 Å². The van der Waals surface area contributed by atoms with Gasteiger partial charge in [-0.1, -0.05) is 12.1 Å². The molecule has 0 amide bonds. The molecule has 0 aliphatic heterocycles. The van der Waals surface area contributed by atoms with Gasteiger partial charge in [0.1, 0.15) is 0 Å². The first-order valence-corrected chi connectivity index (χ1v) is 11.3. The highest BCUT2D eigenvalue weighted by Gasteiger charge is 2.14. The molecule has 1 atom stereocenters. The van der Waals surface area contributed by atoms with E-state index in [9.17, 15) is 8.42 Å². The van der Waals surface area contributed by atoms with E-state index in [0.717, 1.165) is 30.1 Å². The molecule has 2 aromatic rings. The molecule has 0 fully saturated rings. The Hall–Kier alpha value is -2.35. The van der Waals surface area contributed by atoms with E-state index in [0.29, 0.717) is 11.4 Å². The lowest BCUT2D eigenvalue weighted by molar-refractivity contribution is 0.602. The summed E-state index contributed by atoms with van der Waals surface area (Å²) in [5.74, 6) is 0.749. The summed E-state index contributed by atoms with van der Waals surface area (Å²) in [7, 11) is 0.566. The van der Waals surface area contributed by atoms with Crippen molar-refractivity contribution in [3.8, 4) is 0 Å². The number of nitrogens with one attached hydrogen (secondary N) is 2. The van der Waals surface area contributed by atoms with Crippen molar-refractivity contribution in [2.24, 2.45) is 12.0 Å². The topological polar surface area (TPSA) is 88.4 Å². The Morgan fingerprint density at radius 3 is 2.39 bits per heavy atom. The summed E-state index contributed by atoms with van der Waals surface area (Å²) in [5, 5.41) is 11.2. The molecule has 1 unspecified atom stereocenters. The molecular formula is C20H31N5O2S. The van der Waals surface area contributed by atoms with Gasteiger partial charge < -0.3 is 10.6 Å². The molecule has 1 aromatic heterocycles. The average molecular weight is 406 g/mol. The molecule has 154 valence electrons. The third-order valence-electron chi connectivity index (χ3n) is 4.83. The minimum Gasteiger partial charge on any atom is -0.356 e. The molecule has 0 saturated carbocycles. The van der Waals surface area contributed by atoms with Crippen molar-refractivity contribution in [2.75, 3.05) is 19.8 Å². The molecular weight excluding hydrogens is 374 g/mol. The molecule has 1 heterocycles. The maximum atomic E-state index is 11.5. The van der Waals surface area contributed by atoms with Crippen molar-refractivity contribution in [2.45, 2.75) is 44.6 Å². The van der Waals surface area contributed by atoms with Gasteiger partial charge in [-0.05, 0) is 56.9 Å². The number of nitrogens with zero attached hydrogens (tertiary/aromatic N) is 3. The van der Waals surface area contributed by atoms with Crippen LogP contribution in [0.15, 0.2) is 34.2 Å². The Morgan fingerprint density at radius 1 is 1.25 bits per heavy atom. The van der Waals surface area contributed by atoms with Crippen LogP contribution >= 0.6 is 0 Å². The molecule has 7 nitrogen and oxygen atoms in total. The Balaban J connectivity index is 1.85. The minimum atomic E-state index is -3.15. The van der Waals surface area contributed by atoms with Gasteiger partial charge in [-0.3, -0.25) is 9.67 Å². The number of hydrogen-bond acceptors (Lipinski definition) is 4. The summed E-state index contributed by atoms with van der Waals surface area (Å²) < 4.78 is 25.0. The van der Waals surface area contributed by atoms with Gasteiger partial charge >= 0.3 is 0 Å². The van der Waals surface area contributed by atoms with Crippen LogP contribution in [0.1, 0.15) is 29.4 Å². The number of guanidine groups is 1. The summed E-state index contributed by atoms with van der Waals surface area (Å²) in [6, 6.07) is 7.22. The van der Waals surface area contributed by atoms with E-state index in [1.807, 2.05) is 30.8 Å². The number of sulfone groups is 1. The molecule has 0 aliphatic rings. The highest BCUT2D eigenvalue weighted by Crippen LogP contribution is 2.14. The van der Waals surface area contributed by atoms with Gasteiger partial charge in [-0.15, -0.1) is 0 Å². The largest absolute Gasteiger partial charge is 0.356 e. The van der Waals surface area contributed by atoms with E-state index >= 15 is 0 Å². The summed E-state index contributed by atoms with van der Waals surface area (Å²) in [5.41, 5.74) is 4.59. The van der Waals surface area contributed by atoms with Crippen LogP contribution in [-0.4, -0.2) is 50.0 Å². The summed E-state index contributed by atoms with van der Waals surface area (Å²) >= 11 is 0. The lowest BCUT2D eigenvalue weighted by atomic mass is 10.1. The van der Waals surface area contributed by atoms with Crippen LogP contribution < -0.4 is 10.6 Å². The van der Waals surface area contributed by atoms with Crippen LogP contribution in [0.5, 0.6) is 0 Å². The molecule has 0 radical (unpaired) electrons. The fraction of sp³-hybridized carbons (Fsp3) is 0.500. The van der Waals surface area contributed by atoms with E-state index in [4.69, 9.17) is 0 Å². The van der Waals surface area contributed by atoms with Crippen molar-refractivity contribution in [3.05, 3.63) is 46.8 Å². The molecule has 0 bridgehead atoms. The summed E-state index contributed by atoms with van der Waals surface area (Å²) in [4.78, 5) is 4.64. The Labute approximate surface area is 168 Å². The monoisotopic (exact) mass is 405 g/mol. The van der Waals surface area contributed by atoms with Crippen molar-refractivity contribution >= 4 is 15.8 Å². The lowest BCUT2D eigenvalue weighted by Crippen LogP contribution is -2.43. The number of benzene rings is 1. The first kappa shape index (κ1) is 21.9. The van der Waals surface area contributed by atoms with Crippen molar-refractivity contribution in [1.29, 1.82) is 0 Å². The maximum Gasteiger partial charge on any atom is 0.191 e. The highest BCUT2D eigenvalue weighted by atomic mass is 32.2. The van der Waals surface area contributed by atoms with Crippen LogP contribution in [0, 0.1) is 13.8 Å². The van der Waals surface area contributed by atoms with Crippen molar-refractivity contribution < 1.29 is 8.42 Å². The predicted molar refractivity (Wildman–Crippen MR) is 114 cm³/mol. The minimum absolute atomic E-state index is 0.210. The Bertz CT molecular complexity index is 930. The Morgan fingerprint density at radius 2 is 1.89 bits per heavy atom. The average Bonchev–Trinajstić information content (AvgIpc) is 2.86. The number of aliphatic imine (C=N–C) groups is 1. The number of hydrogen-bond donors (Lipinski definition) is 2. The first-order valence-electron chi connectivity index (χ1n) is 9.37. The third kappa shape index (κ3) is 5.82. The predicted octanol–water partition coefficient (Wildman–Crippen LogP) is 1.78. The van der Waals surface area contributed by atoms with Gasteiger partial charge in [0.25, 0.3) is 0 Å². The second-order valence-corrected chi connectivity index (χ2v) is 9.20. The van der Waals surface area contributed by atoms with Gasteiger partial charge in [-0.25, -0.2) is 8.42 Å². The van der Waals surface area contributed by atoms with E-state index in [-0.39, 0.29) is 6.04 Å². The quantitative estimate of drug-likeness (QED) is 0.541. The van der Waals surface area contributed by atoms with E-state index in [1.54, 1.807) is 19.2 Å². The molecule has 8 heteroatoms. The fourth-order valence-corrected chi connectivity index (χ4v) is 3.76. The number of rotatable bonds is 7. The molecule has 28 heavy (non-hydrogen) atoms. The molecule has 0 saturated heterocycles. The summed E-state index contributed by atoms with van der Waals surface area (Å²) in [6.45, 7) is 6.96. The zero-order valence-electron chi connectivity index (χ0n) is 17.6. The van der Waals surface area contributed by atoms with E-state index in [1.165, 1.54) is 17.5 Å². The van der Waals surface area contributed by atoms with Crippen LogP contribution in [0.3, 0.4) is 0 Å². The van der Waals surface area contributed by atoms with Gasteiger partial charge in [0, 0.05) is 38.6 Å². The van der Waals surface area contributed by atoms with Crippen molar-refractivity contribution in [1.82, 2.24) is 20.4 Å². The van der Waals surface area contributed by atoms with Gasteiger partial charge in [-0.2, -0.15) is 5.10 Å². The summed E-state index contributed by atoms with van der Waals surface area (Å²) in [6.07, 6.45) is 2.87. The fourth-order valence-electron chi connectivity index (χ4n) is 3.13. The van der Waals surface area contributed by atoms with Crippen LogP contribution in [0.25, 0.3) is 0 Å². The van der Waals surface area contributed by atoms with Crippen LogP contribution in [0.2, 0.25) is 0 Å². The SMILES string of the molecule is CN=C(NCCc1ccc(S(C)(=O)=O)cc1)NC(C)Cc1c(C)nn(C)c1C. The standard InChI is InChI=1S/C20H31N5O2S/c1-14(13-19-15(2)24-25(5)16(19)3)23-20(21-4)22-12-11-17-7-9-18(10-8-17)28(6,26)27/h7-10,14H,11-13H2,1-6H3,(H2,21,22,23). The smallest absolute Gasteiger partial charge is 0.191 e. The van der Waals surface area contributed by atoms with Gasteiger partial charge in [0.2, 0.25) is 0 Å². The first-order chi connectivity index (χ1) is 13.1. The number of aryl methyl sites for hydroxylation is 2. The molecule has 2 N–H and O–H groups in total. The van der Waals surface area contributed by atoms with E-state index in [2.05, 4.69) is 34.6 Å². The van der Waals surface area contributed by atoms with Crippen LogP contribution in [-0.2, 0) is 29.7 Å². The molecule has 0 spiro atoms. The zero-order chi connectivity index (χ0) is 20.9. The van der Waals surface area contributed by atoms with E-state index < -0.39 is 9.84 Å². The number of aromatic nitrogens is 2. The molecule has 1 aromatic carbocycles. The second kappa shape index (κ2) is 9.23. The van der Waals surface area contributed by atoms with Crippen molar-refractivity contribution in [3.63, 3.8) is 0 Å². The van der Waals surface area contributed by atoms with Crippen LogP contribution in [0.4, 0.5) is 0 Å². The van der Waals surface area contributed by atoms with Gasteiger partial charge in [0.05, 0.1) is 10.6 Å². The zero-order valence-corrected chi connectivity index (χ0v) is 18.4.